The third-order valence-corrected chi connectivity index (χ3v) is 5.02. The van der Waals surface area contributed by atoms with Crippen LogP contribution in [-0.2, 0) is 0 Å². The maximum atomic E-state index is 14.7. The number of piperazine rings is 1. The minimum absolute atomic E-state index is 0. The average Bonchev–Trinajstić information content (AvgIpc) is 3.39. The summed E-state index contributed by atoms with van der Waals surface area (Å²) in [4.78, 5) is 25.8. The topological polar surface area (TPSA) is 74.1 Å². The number of nitrogens with one attached hydrogen (secondary N) is 1. The summed E-state index contributed by atoms with van der Waals surface area (Å²) in [6, 6.07) is 3.43. The summed E-state index contributed by atoms with van der Waals surface area (Å²) in [7, 11) is 0. The zero-order valence-corrected chi connectivity index (χ0v) is 15.2. The van der Waals surface area contributed by atoms with Crippen LogP contribution in [0.2, 0.25) is 0 Å². The van der Waals surface area contributed by atoms with E-state index in [2.05, 4.69) is 5.32 Å². The number of carboxylic acids is 1. The molecule has 2 aromatic heterocycles. The van der Waals surface area contributed by atoms with Crippen LogP contribution in [0.3, 0.4) is 0 Å². The Morgan fingerprint density at radius 1 is 1.35 bits per heavy atom. The molecule has 0 amide bonds. The number of carboxylic acid groups (broad SMARTS) is 1. The van der Waals surface area contributed by atoms with E-state index in [-0.39, 0.29) is 29.9 Å². The lowest BCUT2D eigenvalue weighted by Crippen LogP contribution is -2.49. The molecule has 4 rings (SSSR count). The van der Waals surface area contributed by atoms with E-state index in [1.807, 2.05) is 11.8 Å². The number of hydrogen-bond acceptors (Lipinski definition) is 4. The molecule has 1 saturated heterocycles. The van der Waals surface area contributed by atoms with E-state index in [1.54, 1.807) is 6.07 Å². The Balaban J connectivity index is 0.00000196. The van der Waals surface area contributed by atoms with Crippen LogP contribution < -0.4 is 15.8 Å². The molecule has 26 heavy (non-hydrogen) atoms. The van der Waals surface area contributed by atoms with E-state index in [0.717, 1.165) is 35.5 Å². The zero-order valence-electron chi connectivity index (χ0n) is 14.4. The van der Waals surface area contributed by atoms with Gasteiger partial charge < -0.3 is 15.3 Å². The highest BCUT2D eigenvalue weighted by molar-refractivity contribution is 5.88. The second-order valence-corrected chi connectivity index (χ2v) is 6.96. The van der Waals surface area contributed by atoms with E-state index in [4.69, 9.17) is 0 Å². The number of anilines is 1. The molecule has 2 fully saturated rings. The van der Waals surface area contributed by atoms with E-state index in [9.17, 15) is 19.1 Å². The van der Waals surface area contributed by atoms with Crippen LogP contribution in [0.15, 0.2) is 23.1 Å². The summed E-state index contributed by atoms with van der Waals surface area (Å²) in [5.41, 5.74) is 0.910. The molecule has 0 radical (unpaired) electrons. The Bertz CT molecular complexity index is 926. The Labute approximate surface area is 156 Å². The average molecular weight is 382 g/mol. The van der Waals surface area contributed by atoms with E-state index in [1.165, 1.54) is 6.07 Å². The number of carbonyl (C=O) groups is 1. The SMILES string of the molecule is CC1CN(c2cc3c(C4CC4)cc(C(=O)O)c(=O)n3cc2F)CCN1.Cl. The van der Waals surface area contributed by atoms with Gasteiger partial charge >= 0.3 is 5.97 Å². The van der Waals surface area contributed by atoms with Gasteiger partial charge in [-0.1, -0.05) is 0 Å². The van der Waals surface area contributed by atoms with Crippen molar-refractivity contribution in [1.29, 1.82) is 0 Å². The maximum absolute atomic E-state index is 14.7. The van der Waals surface area contributed by atoms with Gasteiger partial charge in [0.05, 0.1) is 17.4 Å². The molecule has 1 aliphatic carbocycles. The third-order valence-electron chi connectivity index (χ3n) is 5.02. The molecular formula is C18H21ClFN3O3. The molecule has 3 heterocycles. The van der Waals surface area contributed by atoms with Crippen LogP contribution in [0.4, 0.5) is 10.1 Å². The van der Waals surface area contributed by atoms with Crippen molar-refractivity contribution in [3.63, 3.8) is 0 Å². The Morgan fingerprint density at radius 2 is 2.08 bits per heavy atom. The van der Waals surface area contributed by atoms with Gasteiger partial charge in [0, 0.05) is 25.7 Å². The highest BCUT2D eigenvalue weighted by Crippen LogP contribution is 2.42. The largest absolute Gasteiger partial charge is 0.477 e. The maximum Gasteiger partial charge on any atom is 0.341 e. The Hall–Kier alpha value is -2.12. The molecule has 2 N–H and O–H groups in total. The quantitative estimate of drug-likeness (QED) is 0.853. The molecule has 140 valence electrons. The summed E-state index contributed by atoms with van der Waals surface area (Å²) < 4.78 is 15.9. The predicted octanol–water partition coefficient (Wildman–Crippen LogP) is 2.23. The summed E-state index contributed by atoms with van der Waals surface area (Å²) in [5.74, 6) is -1.54. The molecule has 1 unspecified atom stereocenters. The van der Waals surface area contributed by atoms with Crippen molar-refractivity contribution in [3.05, 3.63) is 45.6 Å². The molecule has 0 aromatic carbocycles. The standard InChI is InChI=1S/C18H20FN3O3.ClH/c1-10-8-21(5-4-20-10)16-7-15-12(11-2-3-11)6-13(18(24)25)17(23)22(15)9-14(16)19;/h6-7,9-11,20H,2-5,8H2,1H3,(H,24,25);1H. The van der Waals surface area contributed by atoms with Gasteiger partial charge in [-0.15, -0.1) is 12.4 Å². The van der Waals surface area contributed by atoms with Crippen molar-refractivity contribution >= 4 is 29.6 Å². The van der Waals surface area contributed by atoms with Crippen LogP contribution >= 0.6 is 12.4 Å². The molecule has 1 saturated carbocycles. The van der Waals surface area contributed by atoms with Gasteiger partial charge in [-0.05, 0) is 43.4 Å². The van der Waals surface area contributed by atoms with Crippen LogP contribution in [0, 0.1) is 5.82 Å². The van der Waals surface area contributed by atoms with Gasteiger partial charge in [-0.3, -0.25) is 9.20 Å². The number of fused-ring (bicyclic) bond motifs is 1. The van der Waals surface area contributed by atoms with Crippen molar-refractivity contribution in [1.82, 2.24) is 9.72 Å². The molecule has 1 aliphatic heterocycles. The van der Waals surface area contributed by atoms with Crippen LogP contribution in [-0.4, -0.2) is 41.2 Å². The summed E-state index contributed by atoms with van der Waals surface area (Å²) >= 11 is 0. The van der Waals surface area contributed by atoms with Gasteiger partial charge in [0.25, 0.3) is 5.56 Å². The first-order valence-electron chi connectivity index (χ1n) is 8.56. The number of halogens is 2. The van der Waals surface area contributed by atoms with Crippen LogP contribution in [0.5, 0.6) is 0 Å². The molecule has 8 heteroatoms. The fraction of sp³-hybridized carbons (Fsp3) is 0.444. The molecule has 2 aliphatic rings. The Morgan fingerprint density at radius 3 is 2.69 bits per heavy atom. The Kier molecular flexibility index (Phi) is 4.94. The van der Waals surface area contributed by atoms with Crippen molar-refractivity contribution in [2.24, 2.45) is 0 Å². The monoisotopic (exact) mass is 381 g/mol. The van der Waals surface area contributed by atoms with Crippen molar-refractivity contribution in [2.45, 2.75) is 31.7 Å². The molecule has 0 spiro atoms. The minimum Gasteiger partial charge on any atom is -0.477 e. The first-order valence-corrected chi connectivity index (χ1v) is 8.56. The number of aromatic carboxylic acids is 1. The second kappa shape index (κ2) is 6.89. The summed E-state index contributed by atoms with van der Waals surface area (Å²) in [6.07, 6.45) is 3.06. The van der Waals surface area contributed by atoms with E-state index in [0.29, 0.717) is 24.3 Å². The van der Waals surface area contributed by atoms with Gasteiger partial charge in [0.1, 0.15) is 5.56 Å². The van der Waals surface area contributed by atoms with Crippen molar-refractivity contribution in [2.75, 3.05) is 24.5 Å². The fourth-order valence-electron chi connectivity index (χ4n) is 3.60. The van der Waals surface area contributed by atoms with Crippen molar-refractivity contribution < 1.29 is 14.3 Å². The fourth-order valence-corrected chi connectivity index (χ4v) is 3.60. The number of rotatable bonds is 3. The van der Waals surface area contributed by atoms with Gasteiger partial charge in [0.15, 0.2) is 5.82 Å². The van der Waals surface area contributed by atoms with Crippen LogP contribution in [0.1, 0.15) is 41.6 Å². The minimum atomic E-state index is -1.28. The van der Waals surface area contributed by atoms with Crippen LogP contribution in [0.25, 0.3) is 5.52 Å². The molecule has 2 aromatic rings. The zero-order chi connectivity index (χ0) is 17.7. The number of nitrogens with zero attached hydrogens (tertiary/aromatic N) is 2. The van der Waals surface area contributed by atoms with E-state index < -0.39 is 17.3 Å². The normalized spacial score (nSPS) is 20.1. The lowest BCUT2D eigenvalue weighted by Gasteiger charge is -2.34. The predicted molar refractivity (Wildman–Crippen MR) is 99.5 cm³/mol. The first-order chi connectivity index (χ1) is 12.0. The van der Waals surface area contributed by atoms with Gasteiger partial charge in [-0.25, -0.2) is 9.18 Å². The lowest BCUT2D eigenvalue weighted by atomic mass is 10.1. The highest BCUT2D eigenvalue weighted by Gasteiger charge is 2.29. The number of aromatic nitrogens is 1. The number of pyridine rings is 2. The molecule has 6 nitrogen and oxygen atoms in total. The highest BCUT2D eigenvalue weighted by atomic mass is 35.5. The van der Waals surface area contributed by atoms with Crippen molar-refractivity contribution in [3.8, 4) is 0 Å². The smallest absolute Gasteiger partial charge is 0.341 e. The summed E-state index contributed by atoms with van der Waals surface area (Å²) in [5, 5.41) is 12.6. The molecular weight excluding hydrogens is 361 g/mol. The molecule has 1 atom stereocenters. The number of hydrogen-bond donors (Lipinski definition) is 2. The van der Waals surface area contributed by atoms with Gasteiger partial charge in [-0.2, -0.15) is 0 Å². The van der Waals surface area contributed by atoms with E-state index >= 15 is 0 Å². The first kappa shape index (κ1) is 18.7. The third kappa shape index (κ3) is 3.17. The van der Waals surface area contributed by atoms with Gasteiger partial charge in [0.2, 0.25) is 0 Å². The molecule has 0 bridgehead atoms. The summed E-state index contributed by atoms with van der Waals surface area (Å²) in [6.45, 7) is 4.19. The lowest BCUT2D eigenvalue weighted by molar-refractivity contribution is 0.0694. The second-order valence-electron chi connectivity index (χ2n) is 6.96.